The van der Waals surface area contributed by atoms with Crippen LogP contribution in [-0.2, 0) is 4.79 Å². The Morgan fingerprint density at radius 2 is 2.06 bits per heavy atom. The number of alkyl halides is 1. The molecule has 1 saturated carbocycles. The Kier molecular flexibility index (Phi) is 3.85. The lowest BCUT2D eigenvalue weighted by Crippen LogP contribution is -2.21. The number of ether oxygens (including phenoxy) is 1. The molecule has 1 aromatic carbocycles. The molecule has 2 rings (SSSR count). The first-order chi connectivity index (χ1) is 8.20. The Balaban J connectivity index is 2.19. The maximum atomic E-state index is 11.8. The van der Waals surface area contributed by atoms with E-state index in [1.54, 1.807) is 7.11 Å². The molecule has 17 heavy (non-hydrogen) atoms. The summed E-state index contributed by atoms with van der Waals surface area (Å²) < 4.78 is 5.09. The Bertz CT molecular complexity index is 434. The second-order valence-corrected chi connectivity index (χ2v) is 4.69. The molecule has 0 aliphatic heterocycles. The van der Waals surface area contributed by atoms with Gasteiger partial charge >= 0.3 is 0 Å². The summed E-state index contributed by atoms with van der Waals surface area (Å²) in [5, 5.41) is -0.340. The zero-order valence-electron chi connectivity index (χ0n) is 9.78. The molecule has 1 aliphatic rings. The molecule has 1 aliphatic carbocycles. The van der Waals surface area contributed by atoms with Gasteiger partial charge in [0.2, 0.25) is 0 Å². The van der Waals surface area contributed by atoms with Crippen LogP contribution in [0.15, 0.2) is 29.8 Å². The normalized spacial score (nSPS) is 22.8. The topological polar surface area (TPSA) is 26.3 Å². The van der Waals surface area contributed by atoms with Crippen LogP contribution >= 0.6 is 11.6 Å². The molecule has 90 valence electrons. The molecular formula is C14H15ClO2. The van der Waals surface area contributed by atoms with Crippen molar-refractivity contribution in [2.45, 2.75) is 24.6 Å². The maximum absolute atomic E-state index is 11.8. The maximum Gasteiger partial charge on any atom is 0.176 e. The smallest absolute Gasteiger partial charge is 0.176 e. The van der Waals surface area contributed by atoms with E-state index in [1.165, 1.54) is 0 Å². The minimum Gasteiger partial charge on any atom is -0.497 e. The highest BCUT2D eigenvalue weighted by molar-refractivity contribution is 6.34. The average Bonchev–Trinajstić information content (AvgIpc) is 2.36. The van der Waals surface area contributed by atoms with E-state index < -0.39 is 0 Å². The quantitative estimate of drug-likeness (QED) is 0.594. The molecule has 0 spiro atoms. The molecule has 1 atom stereocenters. The zero-order chi connectivity index (χ0) is 12.3. The molecule has 0 bridgehead atoms. The third kappa shape index (κ3) is 2.89. The number of rotatable bonds is 2. The number of methoxy groups -OCH3 is 1. The summed E-state index contributed by atoms with van der Waals surface area (Å²) in [5.74, 6) is 0.895. The molecule has 1 unspecified atom stereocenters. The lowest BCUT2D eigenvalue weighted by Gasteiger charge is -2.17. The van der Waals surface area contributed by atoms with Crippen LogP contribution in [0.25, 0.3) is 6.08 Å². The lowest BCUT2D eigenvalue weighted by atomic mass is 9.91. The highest BCUT2D eigenvalue weighted by atomic mass is 35.5. The van der Waals surface area contributed by atoms with Gasteiger partial charge < -0.3 is 4.74 Å². The Labute approximate surface area is 106 Å². The van der Waals surface area contributed by atoms with Gasteiger partial charge in [0.15, 0.2) is 5.78 Å². The second kappa shape index (κ2) is 5.37. The van der Waals surface area contributed by atoms with Crippen LogP contribution in [0.3, 0.4) is 0 Å². The number of allylic oxidation sites excluding steroid dienone is 1. The van der Waals surface area contributed by atoms with Crippen molar-refractivity contribution in [3.8, 4) is 5.75 Å². The monoisotopic (exact) mass is 250 g/mol. The minimum atomic E-state index is -0.340. The van der Waals surface area contributed by atoms with E-state index in [0.29, 0.717) is 0 Å². The number of hydrogen-bond acceptors (Lipinski definition) is 2. The van der Waals surface area contributed by atoms with E-state index in [0.717, 1.165) is 36.1 Å². The van der Waals surface area contributed by atoms with Crippen LogP contribution in [0.2, 0.25) is 0 Å². The van der Waals surface area contributed by atoms with E-state index in [4.69, 9.17) is 16.3 Å². The van der Waals surface area contributed by atoms with Crippen molar-refractivity contribution >= 4 is 23.5 Å². The third-order valence-corrected chi connectivity index (χ3v) is 3.38. The molecule has 2 nitrogen and oxygen atoms in total. The van der Waals surface area contributed by atoms with E-state index in [2.05, 4.69) is 0 Å². The van der Waals surface area contributed by atoms with Crippen molar-refractivity contribution in [2.24, 2.45) is 0 Å². The Morgan fingerprint density at radius 3 is 2.71 bits per heavy atom. The molecule has 3 heteroatoms. The van der Waals surface area contributed by atoms with Gasteiger partial charge in [0, 0.05) is 0 Å². The van der Waals surface area contributed by atoms with Gasteiger partial charge in [-0.05, 0) is 48.6 Å². The first-order valence-electron chi connectivity index (χ1n) is 5.73. The Hall–Kier alpha value is -1.28. The van der Waals surface area contributed by atoms with E-state index >= 15 is 0 Å². The molecule has 1 fully saturated rings. The third-order valence-electron chi connectivity index (χ3n) is 2.96. The first kappa shape index (κ1) is 12.2. The van der Waals surface area contributed by atoms with Crippen LogP contribution < -0.4 is 4.74 Å². The summed E-state index contributed by atoms with van der Waals surface area (Å²) in [6.45, 7) is 0. The number of hydrogen-bond donors (Lipinski definition) is 0. The molecule has 0 aromatic heterocycles. The van der Waals surface area contributed by atoms with Gasteiger partial charge in [-0.25, -0.2) is 0 Å². The van der Waals surface area contributed by atoms with Crippen LogP contribution in [-0.4, -0.2) is 18.3 Å². The van der Waals surface area contributed by atoms with Crippen molar-refractivity contribution in [3.05, 3.63) is 35.4 Å². The number of benzene rings is 1. The van der Waals surface area contributed by atoms with Gasteiger partial charge in [0.05, 0.1) is 12.5 Å². The number of Topliss-reactive ketones (excluding diaryl/α,β-unsaturated/α-hetero) is 1. The summed E-state index contributed by atoms with van der Waals surface area (Å²) in [6, 6.07) is 7.66. The predicted molar refractivity (Wildman–Crippen MR) is 69.5 cm³/mol. The highest BCUT2D eigenvalue weighted by Gasteiger charge is 2.23. The van der Waals surface area contributed by atoms with E-state index in [1.807, 2.05) is 30.3 Å². The van der Waals surface area contributed by atoms with Crippen molar-refractivity contribution in [2.75, 3.05) is 7.11 Å². The fourth-order valence-corrected chi connectivity index (χ4v) is 2.27. The summed E-state index contributed by atoms with van der Waals surface area (Å²) in [6.07, 6.45) is 4.53. The number of carbonyl (C=O) groups excluding carboxylic acids is 1. The van der Waals surface area contributed by atoms with Crippen LogP contribution in [0.4, 0.5) is 0 Å². The van der Waals surface area contributed by atoms with Crippen LogP contribution in [0.1, 0.15) is 24.8 Å². The lowest BCUT2D eigenvalue weighted by molar-refractivity contribution is -0.116. The van der Waals surface area contributed by atoms with Gasteiger partial charge in [0.25, 0.3) is 0 Å². The summed E-state index contributed by atoms with van der Waals surface area (Å²) in [7, 11) is 1.64. The van der Waals surface area contributed by atoms with Gasteiger partial charge in [-0.3, -0.25) is 4.79 Å². The number of halogens is 1. The number of ketones is 1. The van der Waals surface area contributed by atoms with Gasteiger partial charge in [0.1, 0.15) is 5.75 Å². The molecule has 0 heterocycles. The molecule has 1 aromatic rings. The minimum absolute atomic E-state index is 0.0775. The molecule has 0 amide bonds. The molecular weight excluding hydrogens is 236 g/mol. The fraction of sp³-hybridized carbons (Fsp3) is 0.357. The summed E-state index contributed by atoms with van der Waals surface area (Å²) >= 11 is 5.97. The fourth-order valence-electron chi connectivity index (χ4n) is 1.97. The molecule has 0 saturated heterocycles. The average molecular weight is 251 g/mol. The van der Waals surface area contributed by atoms with Gasteiger partial charge in [-0.1, -0.05) is 12.1 Å². The van der Waals surface area contributed by atoms with E-state index in [9.17, 15) is 4.79 Å². The van der Waals surface area contributed by atoms with Crippen molar-refractivity contribution in [1.82, 2.24) is 0 Å². The van der Waals surface area contributed by atoms with Crippen molar-refractivity contribution < 1.29 is 9.53 Å². The molecule has 0 N–H and O–H groups in total. The van der Waals surface area contributed by atoms with Gasteiger partial charge in [-0.15, -0.1) is 11.6 Å². The summed E-state index contributed by atoms with van der Waals surface area (Å²) in [5.41, 5.74) is 1.85. The van der Waals surface area contributed by atoms with Crippen LogP contribution in [0, 0.1) is 0 Å². The van der Waals surface area contributed by atoms with E-state index in [-0.39, 0.29) is 11.2 Å². The predicted octanol–water partition coefficient (Wildman–Crippen LogP) is 3.44. The summed E-state index contributed by atoms with van der Waals surface area (Å²) in [4.78, 5) is 11.8. The standard InChI is InChI=1S/C14H15ClO2/c1-17-12-7-5-10(6-8-12)9-11-3-2-4-13(15)14(11)16/h5-9,13H,2-4H2,1H3. The second-order valence-electron chi connectivity index (χ2n) is 4.17. The first-order valence-corrected chi connectivity index (χ1v) is 6.17. The number of carbonyl (C=O) groups is 1. The highest BCUT2D eigenvalue weighted by Crippen LogP contribution is 2.26. The zero-order valence-corrected chi connectivity index (χ0v) is 10.5. The van der Waals surface area contributed by atoms with Gasteiger partial charge in [-0.2, -0.15) is 0 Å². The SMILES string of the molecule is COc1ccc(C=C2CCCC(Cl)C2=O)cc1. The van der Waals surface area contributed by atoms with Crippen molar-refractivity contribution in [3.63, 3.8) is 0 Å². The van der Waals surface area contributed by atoms with Crippen LogP contribution in [0.5, 0.6) is 5.75 Å². The van der Waals surface area contributed by atoms with Crippen molar-refractivity contribution in [1.29, 1.82) is 0 Å². The Morgan fingerprint density at radius 1 is 1.35 bits per heavy atom. The molecule has 0 radical (unpaired) electrons. The largest absolute Gasteiger partial charge is 0.497 e.